The van der Waals surface area contributed by atoms with Gasteiger partial charge in [0.05, 0.1) is 24.9 Å². The van der Waals surface area contributed by atoms with Gasteiger partial charge in [0, 0.05) is 6.42 Å². The predicted octanol–water partition coefficient (Wildman–Crippen LogP) is 0.674. The second kappa shape index (κ2) is 6.63. The molecule has 0 aromatic heterocycles. The summed E-state index contributed by atoms with van der Waals surface area (Å²) in [6, 6.07) is 0. The van der Waals surface area contributed by atoms with Gasteiger partial charge in [-0.3, -0.25) is 0 Å². The quantitative estimate of drug-likeness (QED) is 0.742. The minimum atomic E-state index is -0.724. The first-order valence-electron chi connectivity index (χ1n) is 9.48. The average molecular weight is 374 g/mol. The van der Waals surface area contributed by atoms with Crippen LogP contribution in [0.15, 0.2) is 0 Å². The maximum Gasteiger partial charge on any atom is 0.190 e. The van der Waals surface area contributed by atoms with E-state index < -0.39 is 30.1 Å². The van der Waals surface area contributed by atoms with Crippen LogP contribution in [0, 0.1) is 0 Å². The zero-order valence-electron chi connectivity index (χ0n) is 15.8. The molecule has 8 atom stereocenters. The maximum absolute atomic E-state index is 9.90. The molecule has 0 saturated carbocycles. The first-order valence-corrected chi connectivity index (χ1v) is 9.48. The van der Waals surface area contributed by atoms with Gasteiger partial charge in [-0.25, -0.2) is 0 Å². The van der Waals surface area contributed by atoms with Gasteiger partial charge in [-0.05, 0) is 40.5 Å². The summed E-state index contributed by atoms with van der Waals surface area (Å²) in [6.07, 6.45) is -0.842. The summed E-state index contributed by atoms with van der Waals surface area (Å²) in [7, 11) is 0. The Hall–Kier alpha value is -0.320. The Labute approximate surface area is 153 Å². The molecule has 4 saturated heterocycles. The van der Waals surface area contributed by atoms with Gasteiger partial charge in [0.25, 0.3) is 0 Å². The topological polar surface area (TPSA) is 95.8 Å². The third-order valence-corrected chi connectivity index (χ3v) is 5.50. The van der Waals surface area contributed by atoms with Crippen molar-refractivity contribution in [2.45, 2.75) is 108 Å². The fraction of sp³-hybridized carbons (Fsp3) is 1.00. The zero-order valence-corrected chi connectivity index (χ0v) is 15.8. The summed E-state index contributed by atoms with van der Waals surface area (Å²) in [5.41, 5.74) is 0. The van der Waals surface area contributed by atoms with Crippen LogP contribution < -0.4 is 0 Å². The minimum Gasteiger partial charge on any atom is -0.394 e. The van der Waals surface area contributed by atoms with E-state index in [1.165, 1.54) is 0 Å². The third kappa shape index (κ3) is 3.54. The van der Waals surface area contributed by atoms with E-state index in [0.717, 1.165) is 0 Å². The fourth-order valence-corrected chi connectivity index (χ4v) is 4.44. The summed E-state index contributed by atoms with van der Waals surface area (Å²) in [6.45, 7) is 7.34. The first kappa shape index (κ1) is 19.0. The van der Waals surface area contributed by atoms with Gasteiger partial charge in [-0.1, -0.05) is 0 Å². The number of rotatable bonds is 4. The Bertz CT molecular complexity index is 523. The number of aliphatic hydroxyl groups is 2. The van der Waals surface area contributed by atoms with Crippen LogP contribution >= 0.6 is 0 Å². The molecular formula is C18H30O8. The van der Waals surface area contributed by atoms with Crippen LogP contribution in [-0.2, 0) is 28.4 Å². The molecule has 0 aromatic rings. The van der Waals surface area contributed by atoms with E-state index in [1.807, 2.05) is 27.7 Å². The Kier molecular flexibility index (Phi) is 4.85. The van der Waals surface area contributed by atoms with Gasteiger partial charge >= 0.3 is 0 Å². The highest BCUT2D eigenvalue weighted by Crippen LogP contribution is 2.45. The molecule has 2 N–H and O–H groups in total. The van der Waals surface area contributed by atoms with Gasteiger partial charge in [0.1, 0.15) is 24.4 Å². The Morgan fingerprint density at radius 3 is 2.15 bits per heavy atom. The number of fused-ring (bicyclic) bond motifs is 3. The molecule has 0 spiro atoms. The van der Waals surface area contributed by atoms with Crippen LogP contribution in [0.25, 0.3) is 0 Å². The van der Waals surface area contributed by atoms with Gasteiger partial charge < -0.3 is 38.6 Å². The van der Waals surface area contributed by atoms with Gasteiger partial charge in [-0.2, -0.15) is 0 Å². The molecule has 0 bridgehead atoms. The lowest BCUT2D eigenvalue weighted by molar-refractivity contribution is -0.236. The Morgan fingerprint density at radius 1 is 0.808 bits per heavy atom. The molecule has 0 unspecified atom stereocenters. The van der Waals surface area contributed by atoms with Crippen molar-refractivity contribution in [3.63, 3.8) is 0 Å². The van der Waals surface area contributed by atoms with Crippen LogP contribution in [0.5, 0.6) is 0 Å². The van der Waals surface area contributed by atoms with Gasteiger partial charge in [0.15, 0.2) is 17.9 Å². The van der Waals surface area contributed by atoms with Crippen molar-refractivity contribution in [3.05, 3.63) is 0 Å². The van der Waals surface area contributed by atoms with Crippen LogP contribution in [0.3, 0.4) is 0 Å². The molecular weight excluding hydrogens is 344 g/mol. The van der Waals surface area contributed by atoms with E-state index in [1.54, 1.807) is 0 Å². The molecule has 150 valence electrons. The minimum absolute atomic E-state index is 0.102. The molecule has 4 heterocycles. The van der Waals surface area contributed by atoms with E-state index in [4.69, 9.17) is 28.4 Å². The highest BCUT2D eigenvalue weighted by atomic mass is 16.9. The molecule has 8 nitrogen and oxygen atoms in total. The van der Waals surface area contributed by atoms with E-state index in [0.29, 0.717) is 19.3 Å². The molecule has 0 radical (unpaired) electrons. The Morgan fingerprint density at radius 2 is 1.46 bits per heavy atom. The lowest BCUT2D eigenvalue weighted by Gasteiger charge is -2.37. The second-order valence-electron chi connectivity index (χ2n) is 8.57. The predicted molar refractivity (Wildman–Crippen MR) is 88.1 cm³/mol. The van der Waals surface area contributed by atoms with Crippen molar-refractivity contribution >= 4 is 0 Å². The highest BCUT2D eigenvalue weighted by Gasteiger charge is 2.60. The number of ether oxygens (including phenoxy) is 6. The van der Waals surface area contributed by atoms with E-state index in [9.17, 15) is 10.2 Å². The van der Waals surface area contributed by atoms with Gasteiger partial charge in [-0.15, -0.1) is 0 Å². The zero-order chi connectivity index (χ0) is 18.7. The molecule has 0 aliphatic carbocycles. The van der Waals surface area contributed by atoms with Crippen molar-refractivity contribution < 1.29 is 38.6 Å². The molecule has 0 amide bonds. The first-order chi connectivity index (χ1) is 12.2. The molecule has 8 heteroatoms. The molecule has 0 aromatic carbocycles. The highest BCUT2D eigenvalue weighted by molar-refractivity contribution is 5.00. The van der Waals surface area contributed by atoms with Crippen molar-refractivity contribution in [2.75, 3.05) is 6.61 Å². The van der Waals surface area contributed by atoms with Crippen molar-refractivity contribution in [3.8, 4) is 0 Å². The molecule has 26 heavy (non-hydrogen) atoms. The van der Waals surface area contributed by atoms with Crippen LogP contribution in [0.2, 0.25) is 0 Å². The normalized spacial score (nSPS) is 49.2. The second-order valence-corrected chi connectivity index (χ2v) is 8.57. The monoisotopic (exact) mass is 374 g/mol. The summed E-state index contributed by atoms with van der Waals surface area (Å²) in [5.74, 6) is -1.43. The van der Waals surface area contributed by atoms with Crippen molar-refractivity contribution in [1.29, 1.82) is 0 Å². The third-order valence-electron chi connectivity index (χ3n) is 5.50. The van der Waals surface area contributed by atoms with E-state index in [-0.39, 0.29) is 37.1 Å². The number of aliphatic hydroxyl groups excluding tert-OH is 2. The summed E-state index contributed by atoms with van der Waals surface area (Å²) < 4.78 is 36.0. The van der Waals surface area contributed by atoms with Crippen molar-refractivity contribution in [1.82, 2.24) is 0 Å². The Balaban J connectivity index is 1.43. The van der Waals surface area contributed by atoms with Crippen molar-refractivity contribution in [2.24, 2.45) is 0 Å². The van der Waals surface area contributed by atoms with E-state index in [2.05, 4.69) is 0 Å². The fourth-order valence-electron chi connectivity index (χ4n) is 4.44. The molecule has 4 aliphatic heterocycles. The lowest BCUT2D eigenvalue weighted by atomic mass is 9.94. The average Bonchev–Trinajstić information content (AvgIpc) is 3.15. The standard InChI is InChI=1S/C18H30O8/c1-17(2)23-13-11(6-5-9-7-10(20)12(8-19)21-9)22-16-15(14(13)24-17)25-18(3,4)26-16/h9-16,19-20H,5-8H2,1-4H3/t9-,10+,11-,12-,13+,14+,15-,16-/m1/s1. The smallest absolute Gasteiger partial charge is 0.190 e. The van der Waals surface area contributed by atoms with Crippen LogP contribution in [0.4, 0.5) is 0 Å². The summed E-state index contributed by atoms with van der Waals surface area (Å²) in [4.78, 5) is 0. The van der Waals surface area contributed by atoms with Crippen LogP contribution in [-0.4, -0.2) is 77.4 Å². The largest absolute Gasteiger partial charge is 0.394 e. The number of hydrogen-bond acceptors (Lipinski definition) is 8. The molecule has 4 rings (SSSR count). The summed E-state index contributed by atoms with van der Waals surface area (Å²) in [5, 5.41) is 19.1. The lowest BCUT2D eigenvalue weighted by Crippen LogP contribution is -2.55. The number of hydrogen-bond donors (Lipinski definition) is 2. The van der Waals surface area contributed by atoms with Gasteiger partial charge in [0.2, 0.25) is 0 Å². The SMILES string of the molecule is CC1(C)O[C@H]2[C@@H](O1)[C@@H](CC[C@@H]1C[C@H](O)[C@@H](CO)O1)O[C@@H]1OC(C)(C)O[C@@H]12. The maximum atomic E-state index is 9.90. The summed E-state index contributed by atoms with van der Waals surface area (Å²) >= 11 is 0. The van der Waals surface area contributed by atoms with E-state index >= 15 is 0 Å². The molecule has 4 fully saturated rings. The van der Waals surface area contributed by atoms with Crippen LogP contribution in [0.1, 0.15) is 47.0 Å². The molecule has 4 aliphatic rings.